The van der Waals surface area contributed by atoms with Crippen LogP contribution in [0.4, 0.5) is 13.2 Å². The first-order valence-electron chi connectivity index (χ1n) is 8.91. The summed E-state index contributed by atoms with van der Waals surface area (Å²) in [4.78, 5) is 13.0. The quantitative estimate of drug-likeness (QED) is 0.479. The highest BCUT2D eigenvalue weighted by molar-refractivity contribution is 7.09. The van der Waals surface area contributed by atoms with Crippen LogP contribution in [0.2, 0.25) is 0 Å². The third kappa shape index (κ3) is 4.76. The molecule has 0 aliphatic carbocycles. The molecule has 1 unspecified atom stereocenters. The predicted octanol–water partition coefficient (Wildman–Crippen LogP) is 2.62. The summed E-state index contributed by atoms with van der Waals surface area (Å²) in [5.41, 5.74) is -0.810. The molecule has 1 N–H and O–H groups in total. The minimum Gasteiger partial charge on any atom is -0.357 e. The maximum Gasteiger partial charge on any atom is 0.434 e. The number of aliphatic imine (C=N–C) groups is 1. The lowest BCUT2D eigenvalue weighted by atomic mass is 10.2. The van der Waals surface area contributed by atoms with E-state index in [0.29, 0.717) is 24.0 Å². The molecular formula is C17H24F3N5S. The molecule has 1 fully saturated rings. The number of alkyl halides is 3. The molecular weight excluding hydrogens is 363 g/mol. The van der Waals surface area contributed by atoms with E-state index < -0.39 is 11.9 Å². The van der Waals surface area contributed by atoms with Crippen molar-refractivity contribution in [2.45, 2.75) is 32.0 Å². The normalized spacial score (nSPS) is 21.8. The van der Waals surface area contributed by atoms with Crippen molar-refractivity contribution in [2.24, 2.45) is 4.99 Å². The lowest BCUT2D eigenvalue weighted by Crippen LogP contribution is -2.43. The predicted molar refractivity (Wildman–Crippen MR) is 97.5 cm³/mol. The lowest BCUT2D eigenvalue weighted by molar-refractivity contribution is -0.140. The van der Waals surface area contributed by atoms with E-state index in [4.69, 9.17) is 0 Å². The highest BCUT2D eigenvalue weighted by atomic mass is 32.1. The van der Waals surface area contributed by atoms with Crippen LogP contribution in [0.1, 0.15) is 24.0 Å². The summed E-state index contributed by atoms with van der Waals surface area (Å²) in [5, 5.41) is 4.84. The molecule has 1 atom stereocenters. The molecule has 5 nitrogen and oxygen atoms in total. The number of hydrogen-bond acceptors (Lipinski definition) is 4. The van der Waals surface area contributed by atoms with E-state index in [1.54, 1.807) is 0 Å². The second kappa shape index (κ2) is 8.39. The highest BCUT2D eigenvalue weighted by Gasteiger charge is 2.33. The number of aromatic nitrogens is 1. The van der Waals surface area contributed by atoms with Crippen LogP contribution in [0.3, 0.4) is 0 Å². The van der Waals surface area contributed by atoms with Gasteiger partial charge < -0.3 is 10.2 Å². The Morgan fingerprint density at radius 3 is 2.81 bits per heavy atom. The first-order chi connectivity index (χ1) is 12.5. The summed E-state index contributed by atoms with van der Waals surface area (Å²) in [7, 11) is 0. The fourth-order valence-corrected chi connectivity index (χ4v) is 4.06. The van der Waals surface area contributed by atoms with Gasteiger partial charge >= 0.3 is 6.18 Å². The molecule has 0 bridgehead atoms. The van der Waals surface area contributed by atoms with E-state index in [1.165, 1.54) is 0 Å². The van der Waals surface area contributed by atoms with Crippen LogP contribution in [0, 0.1) is 0 Å². The molecule has 2 aliphatic rings. The second-order valence-corrected chi connectivity index (χ2v) is 7.37. The largest absolute Gasteiger partial charge is 0.434 e. The van der Waals surface area contributed by atoms with Crippen LogP contribution < -0.4 is 5.32 Å². The van der Waals surface area contributed by atoms with Gasteiger partial charge in [-0.05, 0) is 13.3 Å². The van der Waals surface area contributed by atoms with Crippen molar-refractivity contribution in [3.63, 3.8) is 0 Å². The summed E-state index contributed by atoms with van der Waals surface area (Å²) in [6.07, 6.45) is 1.55. The minimum atomic E-state index is -4.37. The molecule has 0 spiro atoms. The van der Waals surface area contributed by atoms with Crippen molar-refractivity contribution in [2.75, 3.05) is 39.3 Å². The Morgan fingerprint density at radius 2 is 2.15 bits per heavy atom. The van der Waals surface area contributed by atoms with Crippen LogP contribution in [0.25, 0.3) is 0 Å². The van der Waals surface area contributed by atoms with Gasteiger partial charge in [0.2, 0.25) is 0 Å². The molecule has 0 amide bonds. The fourth-order valence-electron chi connectivity index (χ4n) is 3.26. The molecule has 3 heterocycles. The van der Waals surface area contributed by atoms with Crippen LogP contribution in [0.5, 0.6) is 0 Å². The standard InChI is InChI=1S/C17H24F3N5S/c1-2-21-16(25-10-6-13(11-25)24-8-3-4-9-24)22-7-5-15-23-14(12-26-15)17(18,19)20/h3-4,12-13H,2,5-11H2,1H3,(H,21,22). The van der Waals surface area contributed by atoms with E-state index in [9.17, 15) is 13.2 Å². The van der Waals surface area contributed by atoms with Crippen LogP contribution in [0.15, 0.2) is 22.5 Å². The van der Waals surface area contributed by atoms with Gasteiger partial charge in [-0.2, -0.15) is 13.2 Å². The molecule has 144 valence electrons. The smallest absolute Gasteiger partial charge is 0.357 e. The van der Waals surface area contributed by atoms with Crippen molar-refractivity contribution in [3.8, 4) is 0 Å². The van der Waals surface area contributed by atoms with E-state index in [-0.39, 0.29) is 0 Å². The van der Waals surface area contributed by atoms with Gasteiger partial charge in [0.1, 0.15) is 0 Å². The zero-order valence-corrected chi connectivity index (χ0v) is 15.6. The molecule has 1 aromatic rings. The zero-order chi connectivity index (χ0) is 18.6. The molecule has 9 heteroatoms. The molecule has 1 aromatic heterocycles. The lowest BCUT2D eigenvalue weighted by Gasteiger charge is -2.25. The topological polar surface area (TPSA) is 43.8 Å². The van der Waals surface area contributed by atoms with E-state index >= 15 is 0 Å². The summed E-state index contributed by atoms with van der Waals surface area (Å²) >= 11 is 1.04. The third-order valence-corrected chi connectivity index (χ3v) is 5.50. The van der Waals surface area contributed by atoms with Crippen molar-refractivity contribution < 1.29 is 13.2 Å². The number of halogens is 3. The first kappa shape index (κ1) is 19.2. The Hall–Kier alpha value is -1.61. The number of rotatable bonds is 5. The Balaban J connectivity index is 1.55. The minimum absolute atomic E-state index is 0.420. The summed E-state index contributed by atoms with van der Waals surface area (Å²) in [5.74, 6) is 0.842. The van der Waals surface area contributed by atoms with Crippen molar-refractivity contribution >= 4 is 17.3 Å². The van der Waals surface area contributed by atoms with Crippen LogP contribution in [-0.4, -0.2) is 66.1 Å². The van der Waals surface area contributed by atoms with E-state index in [1.807, 2.05) is 6.92 Å². The molecule has 0 saturated carbocycles. The number of thiazole rings is 1. The summed E-state index contributed by atoms with van der Waals surface area (Å²) < 4.78 is 37.8. The zero-order valence-electron chi connectivity index (χ0n) is 14.8. The van der Waals surface area contributed by atoms with Gasteiger partial charge in [0, 0.05) is 57.1 Å². The molecule has 0 aromatic carbocycles. The number of hydrogen-bond donors (Lipinski definition) is 1. The molecule has 1 saturated heterocycles. The Bertz CT molecular complexity index is 647. The van der Waals surface area contributed by atoms with Crippen molar-refractivity contribution in [3.05, 3.63) is 28.2 Å². The Labute approximate surface area is 155 Å². The van der Waals surface area contributed by atoms with Gasteiger partial charge in [-0.25, -0.2) is 4.98 Å². The van der Waals surface area contributed by atoms with Gasteiger partial charge in [0.15, 0.2) is 11.7 Å². The van der Waals surface area contributed by atoms with E-state index in [0.717, 1.165) is 61.8 Å². The van der Waals surface area contributed by atoms with Crippen molar-refractivity contribution in [1.29, 1.82) is 0 Å². The van der Waals surface area contributed by atoms with Gasteiger partial charge in [0.05, 0.1) is 5.01 Å². The maximum atomic E-state index is 12.6. The molecule has 3 rings (SSSR count). The Kier molecular flexibility index (Phi) is 6.18. The SMILES string of the molecule is CCNC(=NCCc1nc(C(F)(F)F)cs1)N1CCC(N2CC=CC2)C1. The van der Waals surface area contributed by atoms with Gasteiger partial charge in [-0.3, -0.25) is 9.89 Å². The summed E-state index contributed by atoms with van der Waals surface area (Å²) in [6.45, 7) is 7.12. The highest BCUT2D eigenvalue weighted by Crippen LogP contribution is 2.30. The van der Waals surface area contributed by atoms with E-state index in [2.05, 4.69) is 37.2 Å². The monoisotopic (exact) mass is 387 g/mol. The van der Waals surface area contributed by atoms with Crippen molar-refractivity contribution in [1.82, 2.24) is 20.1 Å². The number of guanidine groups is 1. The number of likely N-dealkylation sites (tertiary alicyclic amines) is 1. The molecule has 26 heavy (non-hydrogen) atoms. The molecule has 0 radical (unpaired) electrons. The van der Waals surface area contributed by atoms with Gasteiger partial charge in [-0.15, -0.1) is 11.3 Å². The third-order valence-electron chi connectivity index (χ3n) is 4.59. The number of nitrogens with one attached hydrogen (secondary N) is 1. The van der Waals surface area contributed by atoms with Crippen LogP contribution >= 0.6 is 11.3 Å². The first-order valence-corrected chi connectivity index (χ1v) is 9.79. The van der Waals surface area contributed by atoms with Gasteiger partial charge in [-0.1, -0.05) is 12.2 Å². The maximum absolute atomic E-state index is 12.6. The Morgan fingerprint density at radius 1 is 1.38 bits per heavy atom. The fraction of sp³-hybridized carbons (Fsp3) is 0.647. The number of nitrogens with zero attached hydrogens (tertiary/aromatic N) is 4. The summed E-state index contributed by atoms with van der Waals surface area (Å²) in [6, 6.07) is 0.530. The molecule has 2 aliphatic heterocycles. The average molecular weight is 387 g/mol. The average Bonchev–Trinajstić information content (AvgIpc) is 3.33. The second-order valence-electron chi connectivity index (χ2n) is 6.42. The van der Waals surface area contributed by atoms with Gasteiger partial charge in [0.25, 0.3) is 0 Å². The van der Waals surface area contributed by atoms with Crippen LogP contribution in [-0.2, 0) is 12.6 Å².